The average molecular weight is 270 g/mol. The van der Waals surface area contributed by atoms with E-state index in [4.69, 9.17) is 5.11 Å². The normalized spacial score (nSPS) is 10.3. The van der Waals surface area contributed by atoms with Crippen LogP contribution in [0.3, 0.4) is 0 Å². The second-order valence-electron chi connectivity index (χ2n) is 3.46. The van der Waals surface area contributed by atoms with Gasteiger partial charge in [0.25, 0.3) is 0 Å². The van der Waals surface area contributed by atoms with Gasteiger partial charge in [-0.1, -0.05) is 0 Å². The molecular formula is C11H8F2N2O2S. The number of benzene rings is 1. The van der Waals surface area contributed by atoms with E-state index in [1.165, 1.54) is 6.07 Å². The fourth-order valence-electron chi connectivity index (χ4n) is 1.31. The molecule has 0 radical (unpaired) electrons. The van der Waals surface area contributed by atoms with Gasteiger partial charge in [-0.15, -0.1) is 11.3 Å². The number of rotatable bonds is 4. The van der Waals surface area contributed by atoms with Gasteiger partial charge in [0.15, 0.2) is 5.13 Å². The van der Waals surface area contributed by atoms with Gasteiger partial charge < -0.3 is 10.4 Å². The molecule has 7 heteroatoms. The van der Waals surface area contributed by atoms with E-state index in [2.05, 4.69) is 10.3 Å². The molecule has 0 aliphatic carbocycles. The van der Waals surface area contributed by atoms with Gasteiger partial charge in [0, 0.05) is 11.4 Å². The number of aliphatic carboxylic acids is 1. The lowest BCUT2D eigenvalue weighted by Crippen LogP contribution is -2.00. The van der Waals surface area contributed by atoms with Crippen molar-refractivity contribution in [3.8, 4) is 0 Å². The highest BCUT2D eigenvalue weighted by Crippen LogP contribution is 2.23. The average Bonchev–Trinajstić information content (AvgIpc) is 2.69. The van der Waals surface area contributed by atoms with Crippen molar-refractivity contribution in [3.63, 3.8) is 0 Å². The number of aromatic nitrogens is 1. The number of thiazole rings is 1. The van der Waals surface area contributed by atoms with Crippen molar-refractivity contribution in [1.82, 2.24) is 4.98 Å². The lowest BCUT2D eigenvalue weighted by molar-refractivity contribution is -0.136. The van der Waals surface area contributed by atoms with Crippen LogP contribution in [0.1, 0.15) is 5.69 Å². The zero-order valence-corrected chi connectivity index (χ0v) is 9.80. The van der Waals surface area contributed by atoms with Crippen LogP contribution in [0.5, 0.6) is 0 Å². The third-order valence-electron chi connectivity index (χ3n) is 2.06. The van der Waals surface area contributed by atoms with Crippen LogP contribution in [0.4, 0.5) is 19.6 Å². The number of anilines is 2. The molecule has 1 aromatic carbocycles. The molecule has 1 heterocycles. The van der Waals surface area contributed by atoms with Gasteiger partial charge in [0.1, 0.15) is 11.6 Å². The van der Waals surface area contributed by atoms with Crippen molar-refractivity contribution in [2.24, 2.45) is 0 Å². The van der Waals surface area contributed by atoms with E-state index in [0.717, 1.165) is 23.5 Å². The van der Waals surface area contributed by atoms with E-state index in [0.29, 0.717) is 10.8 Å². The molecule has 0 unspecified atom stereocenters. The van der Waals surface area contributed by atoms with E-state index in [-0.39, 0.29) is 12.1 Å². The second-order valence-corrected chi connectivity index (χ2v) is 4.32. The van der Waals surface area contributed by atoms with Crippen LogP contribution in [-0.2, 0) is 11.2 Å². The second kappa shape index (κ2) is 5.09. The standard InChI is InChI=1S/C11H8F2N2O2S/c12-6-1-2-9(8(13)3-6)15-11-14-7(5-18-11)4-10(16)17/h1-3,5H,4H2,(H,14,15)(H,16,17). The van der Waals surface area contributed by atoms with E-state index in [9.17, 15) is 13.6 Å². The Morgan fingerprint density at radius 1 is 1.44 bits per heavy atom. The number of halogens is 2. The fourth-order valence-corrected chi connectivity index (χ4v) is 2.03. The zero-order chi connectivity index (χ0) is 13.1. The lowest BCUT2D eigenvalue weighted by Gasteiger charge is -2.03. The van der Waals surface area contributed by atoms with Crippen molar-refractivity contribution in [2.45, 2.75) is 6.42 Å². The molecule has 2 N–H and O–H groups in total. The van der Waals surface area contributed by atoms with Gasteiger partial charge in [-0.25, -0.2) is 13.8 Å². The van der Waals surface area contributed by atoms with Gasteiger partial charge in [0.05, 0.1) is 17.8 Å². The maximum atomic E-state index is 13.3. The zero-order valence-electron chi connectivity index (χ0n) is 8.98. The number of carboxylic acid groups (broad SMARTS) is 1. The van der Waals surface area contributed by atoms with Gasteiger partial charge >= 0.3 is 5.97 Å². The van der Waals surface area contributed by atoms with E-state index >= 15 is 0 Å². The Hall–Kier alpha value is -2.02. The summed E-state index contributed by atoms with van der Waals surface area (Å²) >= 11 is 1.15. The molecule has 94 valence electrons. The molecule has 0 fully saturated rings. The summed E-state index contributed by atoms with van der Waals surface area (Å²) < 4.78 is 26.0. The number of carboxylic acids is 1. The molecule has 2 rings (SSSR count). The Morgan fingerprint density at radius 3 is 2.89 bits per heavy atom. The first-order valence-corrected chi connectivity index (χ1v) is 5.81. The monoisotopic (exact) mass is 270 g/mol. The first-order chi connectivity index (χ1) is 8.54. The summed E-state index contributed by atoms with van der Waals surface area (Å²) in [6.45, 7) is 0. The summed E-state index contributed by atoms with van der Waals surface area (Å²) in [4.78, 5) is 14.4. The molecule has 2 aromatic rings. The SMILES string of the molecule is O=C(O)Cc1csc(Nc2ccc(F)cc2F)n1. The minimum atomic E-state index is -0.986. The van der Waals surface area contributed by atoms with Crippen molar-refractivity contribution >= 4 is 28.1 Å². The number of nitrogens with zero attached hydrogens (tertiary/aromatic N) is 1. The minimum absolute atomic E-state index is 0.0904. The van der Waals surface area contributed by atoms with Crippen LogP contribution in [0.25, 0.3) is 0 Å². The smallest absolute Gasteiger partial charge is 0.309 e. The Labute approximate surface area is 105 Å². The summed E-state index contributed by atoms with van der Waals surface area (Å²) in [5.41, 5.74) is 0.477. The molecule has 0 saturated heterocycles. The first-order valence-electron chi connectivity index (χ1n) is 4.93. The largest absolute Gasteiger partial charge is 0.481 e. The molecule has 0 atom stereocenters. The predicted octanol–water partition coefficient (Wildman–Crippen LogP) is 2.79. The number of carbonyl (C=O) groups is 1. The first kappa shape index (κ1) is 12.4. The molecular weight excluding hydrogens is 262 g/mol. The van der Waals surface area contributed by atoms with Crippen molar-refractivity contribution in [2.75, 3.05) is 5.32 Å². The van der Waals surface area contributed by atoms with Gasteiger partial charge in [-0.3, -0.25) is 4.79 Å². The van der Waals surface area contributed by atoms with Gasteiger partial charge in [0.2, 0.25) is 0 Å². The Balaban J connectivity index is 2.13. The van der Waals surface area contributed by atoms with E-state index < -0.39 is 17.6 Å². The van der Waals surface area contributed by atoms with Gasteiger partial charge in [-0.2, -0.15) is 0 Å². The van der Waals surface area contributed by atoms with Crippen LogP contribution >= 0.6 is 11.3 Å². The van der Waals surface area contributed by atoms with Crippen LogP contribution in [0.2, 0.25) is 0 Å². The molecule has 0 amide bonds. The molecule has 1 aromatic heterocycles. The molecule has 18 heavy (non-hydrogen) atoms. The van der Waals surface area contributed by atoms with Crippen LogP contribution in [0.15, 0.2) is 23.6 Å². The fraction of sp³-hybridized carbons (Fsp3) is 0.0909. The van der Waals surface area contributed by atoms with Gasteiger partial charge in [-0.05, 0) is 12.1 Å². The summed E-state index contributed by atoms with van der Waals surface area (Å²) in [5, 5.41) is 13.2. The van der Waals surface area contributed by atoms with E-state index in [1.807, 2.05) is 0 Å². The Kier molecular flexibility index (Phi) is 3.52. The maximum absolute atomic E-state index is 13.3. The molecule has 0 bridgehead atoms. The molecule has 0 spiro atoms. The molecule has 0 saturated carbocycles. The summed E-state index contributed by atoms with van der Waals surface area (Å²) in [5.74, 6) is -2.38. The maximum Gasteiger partial charge on any atom is 0.309 e. The summed E-state index contributed by atoms with van der Waals surface area (Å²) in [6.07, 6.45) is -0.190. The van der Waals surface area contributed by atoms with E-state index in [1.54, 1.807) is 5.38 Å². The molecule has 0 aliphatic rings. The van der Waals surface area contributed by atoms with Crippen LogP contribution in [-0.4, -0.2) is 16.1 Å². The highest BCUT2D eigenvalue weighted by Gasteiger charge is 2.08. The van der Waals surface area contributed by atoms with Crippen molar-refractivity contribution in [1.29, 1.82) is 0 Å². The Morgan fingerprint density at radius 2 is 2.22 bits per heavy atom. The van der Waals surface area contributed by atoms with Crippen molar-refractivity contribution < 1.29 is 18.7 Å². The van der Waals surface area contributed by atoms with Crippen LogP contribution in [0, 0.1) is 11.6 Å². The van der Waals surface area contributed by atoms with Crippen molar-refractivity contribution in [3.05, 3.63) is 40.9 Å². The number of hydrogen-bond acceptors (Lipinski definition) is 4. The van der Waals surface area contributed by atoms with Crippen LogP contribution < -0.4 is 5.32 Å². The quantitative estimate of drug-likeness (QED) is 0.896. The highest BCUT2D eigenvalue weighted by molar-refractivity contribution is 7.13. The Bertz CT molecular complexity index is 586. The number of nitrogens with one attached hydrogen (secondary N) is 1. The number of hydrogen-bond donors (Lipinski definition) is 2. The lowest BCUT2D eigenvalue weighted by atomic mass is 10.3. The minimum Gasteiger partial charge on any atom is -0.481 e. The summed E-state index contributed by atoms with van der Waals surface area (Å²) in [7, 11) is 0. The third kappa shape index (κ3) is 3.01. The third-order valence-corrected chi connectivity index (χ3v) is 2.86. The summed E-state index contributed by atoms with van der Waals surface area (Å²) in [6, 6.07) is 3.13. The predicted molar refractivity (Wildman–Crippen MR) is 63.1 cm³/mol. The molecule has 4 nitrogen and oxygen atoms in total. The topological polar surface area (TPSA) is 62.2 Å². The highest BCUT2D eigenvalue weighted by atomic mass is 32.1. The molecule has 0 aliphatic heterocycles.